The van der Waals surface area contributed by atoms with Crippen LogP contribution in [0.4, 0.5) is 8.78 Å². The van der Waals surface area contributed by atoms with Crippen molar-refractivity contribution in [3.05, 3.63) is 51.8 Å². The van der Waals surface area contributed by atoms with Gasteiger partial charge >= 0.3 is 0 Å². The second-order valence-electron chi connectivity index (χ2n) is 4.05. The van der Waals surface area contributed by atoms with Crippen LogP contribution in [0.25, 0.3) is 0 Å². The molecule has 0 unspecified atom stereocenters. The third-order valence-corrected chi connectivity index (χ3v) is 3.12. The van der Waals surface area contributed by atoms with E-state index in [1.54, 1.807) is 10.9 Å². The van der Waals surface area contributed by atoms with E-state index in [1.807, 2.05) is 6.92 Å². The number of aryl methyl sites for hydroxylation is 1. The van der Waals surface area contributed by atoms with E-state index < -0.39 is 23.0 Å². The number of hydrogen-bond donors (Lipinski definition) is 0. The fraction of sp³-hybridized carbons (Fsp3) is 0.231. The van der Waals surface area contributed by atoms with Gasteiger partial charge in [0.1, 0.15) is 11.6 Å². The van der Waals surface area contributed by atoms with Crippen LogP contribution in [-0.2, 0) is 13.0 Å². The Morgan fingerprint density at radius 1 is 1.37 bits per heavy atom. The van der Waals surface area contributed by atoms with E-state index in [9.17, 15) is 13.6 Å². The lowest BCUT2D eigenvalue weighted by Gasteiger charge is -2.04. The molecule has 0 atom stereocenters. The normalized spacial score (nSPS) is 10.7. The highest BCUT2D eigenvalue weighted by molar-refractivity contribution is 9.10. The Bertz CT molecular complexity index is 602. The van der Waals surface area contributed by atoms with Crippen molar-refractivity contribution in [2.45, 2.75) is 19.9 Å². The summed E-state index contributed by atoms with van der Waals surface area (Å²) in [7, 11) is 0. The maximum absolute atomic E-state index is 13.6. The van der Waals surface area contributed by atoms with E-state index in [-0.39, 0.29) is 10.9 Å². The Labute approximate surface area is 117 Å². The number of rotatable bonds is 4. The number of hydrogen-bond acceptors (Lipinski definition) is 2. The standard InChI is InChI=1S/C13H11BrF2N2O/c1-2-18-7-8(6-17-18)3-12(19)13-10(15)4-9(14)5-11(13)16/h4-7H,2-3H2,1H3. The zero-order valence-corrected chi connectivity index (χ0v) is 11.7. The molecule has 0 radical (unpaired) electrons. The monoisotopic (exact) mass is 328 g/mol. The zero-order chi connectivity index (χ0) is 14.0. The fourth-order valence-electron chi connectivity index (χ4n) is 1.75. The smallest absolute Gasteiger partial charge is 0.173 e. The topological polar surface area (TPSA) is 34.9 Å². The molecule has 0 aliphatic heterocycles. The molecule has 0 bridgehead atoms. The minimum atomic E-state index is -0.861. The molecule has 1 aromatic carbocycles. The van der Waals surface area contributed by atoms with Crippen LogP contribution in [0.5, 0.6) is 0 Å². The number of nitrogens with zero attached hydrogens (tertiary/aromatic N) is 2. The van der Waals surface area contributed by atoms with E-state index in [0.717, 1.165) is 12.1 Å². The highest BCUT2D eigenvalue weighted by Crippen LogP contribution is 2.21. The Morgan fingerprint density at radius 3 is 2.53 bits per heavy atom. The van der Waals surface area contributed by atoms with Crippen LogP contribution in [0.3, 0.4) is 0 Å². The van der Waals surface area contributed by atoms with E-state index in [0.29, 0.717) is 12.1 Å². The number of halogens is 3. The molecule has 0 fully saturated rings. The molecule has 0 aliphatic carbocycles. The Morgan fingerprint density at radius 2 is 2.00 bits per heavy atom. The summed E-state index contributed by atoms with van der Waals surface area (Å²) in [4.78, 5) is 11.9. The average molecular weight is 329 g/mol. The van der Waals surface area contributed by atoms with Gasteiger partial charge in [-0.05, 0) is 24.6 Å². The molecule has 1 heterocycles. The summed E-state index contributed by atoms with van der Waals surface area (Å²) in [6.07, 6.45) is 3.14. The van der Waals surface area contributed by atoms with Gasteiger partial charge in [0.05, 0.1) is 11.8 Å². The molecular weight excluding hydrogens is 318 g/mol. The molecule has 6 heteroatoms. The quantitative estimate of drug-likeness (QED) is 0.806. The first-order chi connectivity index (χ1) is 9.01. The van der Waals surface area contributed by atoms with Crippen LogP contribution >= 0.6 is 15.9 Å². The summed E-state index contributed by atoms with van der Waals surface area (Å²) < 4.78 is 29.2. The Balaban J connectivity index is 2.25. The SMILES string of the molecule is CCn1cc(CC(=O)c2c(F)cc(Br)cc2F)cn1. The molecule has 0 amide bonds. The van der Waals surface area contributed by atoms with Crippen molar-refractivity contribution in [2.75, 3.05) is 0 Å². The van der Waals surface area contributed by atoms with Gasteiger partial charge < -0.3 is 0 Å². The highest BCUT2D eigenvalue weighted by atomic mass is 79.9. The minimum absolute atomic E-state index is 0.0739. The number of benzene rings is 1. The van der Waals surface area contributed by atoms with Crippen LogP contribution in [0, 0.1) is 11.6 Å². The predicted molar refractivity (Wildman–Crippen MR) is 70.0 cm³/mol. The lowest BCUT2D eigenvalue weighted by molar-refractivity contribution is 0.0985. The maximum Gasteiger partial charge on any atom is 0.173 e. The van der Waals surface area contributed by atoms with Crippen LogP contribution in [-0.4, -0.2) is 15.6 Å². The summed E-state index contributed by atoms with van der Waals surface area (Å²) in [6, 6.07) is 2.15. The predicted octanol–water partition coefficient (Wildman–Crippen LogP) is 3.37. The van der Waals surface area contributed by atoms with Crippen molar-refractivity contribution >= 4 is 21.7 Å². The summed E-state index contributed by atoms with van der Waals surface area (Å²) in [5.41, 5.74) is 0.126. The number of carbonyl (C=O) groups excluding carboxylic acids is 1. The van der Waals surface area contributed by atoms with Crippen LogP contribution < -0.4 is 0 Å². The maximum atomic E-state index is 13.6. The summed E-state index contributed by atoms with van der Waals surface area (Å²) in [5, 5.41) is 4.01. The highest BCUT2D eigenvalue weighted by Gasteiger charge is 2.19. The summed E-state index contributed by atoms with van der Waals surface area (Å²) >= 11 is 2.97. The number of Topliss-reactive ketones (excluding diaryl/α,β-unsaturated/α-hetero) is 1. The van der Waals surface area contributed by atoms with E-state index in [4.69, 9.17) is 0 Å². The molecule has 0 N–H and O–H groups in total. The second kappa shape index (κ2) is 5.61. The average Bonchev–Trinajstić information content (AvgIpc) is 2.75. The molecule has 0 spiro atoms. The number of carbonyl (C=O) groups is 1. The van der Waals surface area contributed by atoms with Gasteiger partial charge in [-0.25, -0.2) is 8.78 Å². The fourth-order valence-corrected chi connectivity index (χ4v) is 2.15. The van der Waals surface area contributed by atoms with Crippen LogP contribution in [0.2, 0.25) is 0 Å². The summed E-state index contributed by atoms with van der Waals surface area (Å²) in [5.74, 6) is -2.32. The van der Waals surface area contributed by atoms with Gasteiger partial charge in [0.25, 0.3) is 0 Å². The minimum Gasteiger partial charge on any atom is -0.294 e. The Kier molecular flexibility index (Phi) is 4.09. The van der Waals surface area contributed by atoms with Crippen molar-refractivity contribution in [3.8, 4) is 0 Å². The van der Waals surface area contributed by atoms with Gasteiger partial charge in [-0.1, -0.05) is 15.9 Å². The van der Waals surface area contributed by atoms with Gasteiger partial charge in [-0.15, -0.1) is 0 Å². The molecule has 0 saturated carbocycles. The van der Waals surface area contributed by atoms with E-state index >= 15 is 0 Å². The van der Waals surface area contributed by atoms with E-state index in [2.05, 4.69) is 21.0 Å². The van der Waals surface area contributed by atoms with Gasteiger partial charge in [0.2, 0.25) is 0 Å². The van der Waals surface area contributed by atoms with Crippen molar-refractivity contribution in [3.63, 3.8) is 0 Å². The molecule has 2 rings (SSSR count). The van der Waals surface area contributed by atoms with Gasteiger partial charge in [-0.3, -0.25) is 9.48 Å². The van der Waals surface area contributed by atoms with Crippen molar-refractivity contribution in [1.82, 2.24) is 9.78 Å². The van der Waals surface area contributed by atoms with Crippen LogP contribution in [0.1, 0.15) is 22.8 Å². The summed E-state index contributed by atoms with van der Waals surface area (Å²) in [6.45, 7) is 2.59. The molecule has 3 nitrogen and oxygen atoms in total. The molecular formula is C13H11BrF2N2O. The van der Waals surface area contributed by atoms with Crippen molar-refractivity contribution < 1.29 is 13.6 Å². The zero-order valence-electron chi connectivity index (χ0n) is 10.2. The molecule has 0 saturated heterocycles. The van der Waals surface area contributed by atoms with Gasteiger partial charge in [0, 0.05) is 23.6 Å². The molecule has 19 heavy (non-hydrogen) atoms. The first-order valence-corrected chi connectivity index (χ1v) is 6.49. The molecule has 2 aromatic rings. The Hall–Kier alpha value is -1.56. The van der Waals surface area contributed by atoms with E-state index in [1.165, 1.54) is 6.20 Å². The largest absolute Gasteiger partial charge is 0.294 e. The van der Waals surface area contributed by atoms with Gasteiger partial charge in [0.15, 0.2) is 5.78 Å². The van der Waals surface area contributed by atoms with Gasteiger partial charge in [-0.2, -0.15) is 5.10 Å². The third kappa shape index (κ3) is 3.07. The van der Waals surface area contributed by atoms with Crippen LogP contribution in [0.15, 0.2) is 29.0 Å². The molecule has 0 aliphatic rings. The second-order valence-corrected chi connectivity index (χ2v) is 4.96. The lowest BCUT2D eigenvalue weighted by Crippen LogP contribution is -2.09. The third-order valence-electron chi connectivity index (χ3n) is 2.66. The lowest BCUT2D eigenvalue weighted by atomic mass is 10.0. The molecule has 100 valence electrons. The van der Waals surface area contributed by atoms with Crippen molar-refractivity contribution in [2.24, 2.45) is 0 Å². The first kappa shape index (κ1) is 13.9. The number of aromatic nitrogens is 2. The van der Waals surface area contributed by atoms with Crippen molar-refractivity contribution in [1.29, 1.82) is 0 Å². The first-order valence-electron chi connectivity index (χ1n) is 5.70. The number of ketones is 1. The molecule has 1 aromatic heterocycles.